The van der Waals surface area contributed by atoms with Gasteiger partial charge in [-0.2, -0.15) is 0 Å². The third-order valence-corrected chi connectivity index (χ3v) is 15.7. The molecular weight excluding hydrogens is 830 g/mol. The Kier molecular flexibility index (Phi) is 7.80. The number of anilines is 12. The number of hydrogen-bond acceptors (Lipinski definition) is 5. The van der Waals surface area contributed by atoms with E-state index in [2.05, 4.69) is 250 Å². The Morgan fingerprint density at radius 3 is 0.910 bits per heavy atom. The van der Waals surface area contributed by atoms with E-state index in [1.165, 1.54) is 98.4 Å². The van der Waals surface area contributed by atoms with Crippen LogP contribution < -0.4 is 52.4 Å². The van der Waals surface area contributed by atoms with E-state index in [1.54, 1.807) is 0 Å². The number of thiophene rings is 1. The van der Waals surface area contributed by atoms with Crippen LogP contribution in [0, 0.1) is 0 Å². The number of benzene rings is 10. The van der Waals surface area contributed by atoms with Gasteiger partial charge in [0.25, 0.3) is 13.4 Å². The van der Waals surface area contributed by atoms with Crippen LogP contribution in [-0.4, -0.2) is 13.4 Å². The van der Waals surface area contributed by atoms with Gasteiger partial charge in [-0.05, 0) is 141 Å². The minimum atomic E-state index is 0.0338. The summed E-state index contributed by atoms with van der Waals surface area (Å²) >= 11 is 1.91. The molecule has 0 amide bonds. The highest BCUT2D eigenvalue weighted by molar-refractivity contribution is 7.26. The molecular formula is C60H38B2N4S. The van der Waals surface area contributed by atoms with Crippen molar-refractivity contribution in [1.82, 2.24) is 0 Å². The molecule has 0 radical (unpaired) electrons. The molecule has 10 aromatic carbocycles. The molecule has 11 aromatic rings. The highest BCUT2D eigenvalue weighted by Crippen LogP contribution is 2.49. The van der Waals surface area contributed by atoms with E-state index in [9.17, 15) is 0 Å². The summed E-state index contributed by atoms with van der Waals surface area (Å²) < 4.78 is 2.57. The van der Waals surface area contributed by atoms with E-state index in [0.29, 0.717) is 0 Å². The van der Waals surface area contributed by atoms with Crippen LogP contribution in [0.3, 0.4) is 0 Å². The van der Waals surface area contributed by atoms with Crippen LogP contribution in [0.4, 0.5) is 68.2 Å². The minimum Gasteiger partial charge on any atom is -0.311 e. The van der Waals surface area contributed by atoms with Gasteiger partial charge in [0.1, 0.15) is 0 Å². The number of nitrogens with zero attached hydrogens (tertiary/aromatic N) is 4. The van der Waals surface area contributed by atoms with Gasteiger partial charge in [0.15, 0.2) is 0 Å². The minimum absolute atomic E-state index is 0.0338. The van der Waals surface area contributed by atoms with Crippen LogP contribution in [0.15, 0.2) is 231 Å². The zero-order valence-electron chi connectivity index (χ0n) is 36.3. The molecule has 1 aromatic heterocycles. The fraction of sp³-hybridized carbons (Fsp3) is 0. The Labute approximate surface area is 394 Å². The van der Waals surface area contributed by atoms with Crippen molar-refractivity contribution in [1.29, 1.82) is 0 Å². The third-order valence-electron chi connectivity index (χ3n) is 14.6. The van der Waals surface area contributed by atoms with Crippen molar-refractivity contribution in [2.24, 2.45) is 0 Å². The number of rotatable bonds is 4. The molecule has 0 unspecified atom stereocenters. The zero-order chi connectivity index (χ0) is 43.7. The third kappa shape index (κ3) is 5.20. The highest BCUT2D eigenvalue weighted by Gasteiger charge is 2.45. The molecule has 67 heavy (non-hydrogen) atoms. The molecule has 5 heterocycles. The van der Waals surface area contributed by atoms with Gasteiger partial charge in [-0.25, -0.2) is 0 Å². The predicted octanol–water partition coefficient (Wildman–Crippen LogP) is 12.2. The standard InChI is InChI=1S/C60H38B2N4S/c1-5-19-39(20-6-1)63-49-29-15-13-27-45(49)61-47-35-43-44-36-48-56(38-58(44)67-57(43)37-55(47)65(41-23-9-3-10-24-41)53-33-17-31-51(63)59(53)61)66(42-25-11-4-12-26-42)54-34-18-32-52-60(54)62(48)46-28-14-16-30-50(46)64(52)40-21-7-2-8-22-40/h1-38H. The van der Waals surface area contributed by atoms with Gasteiger partial charge in [0.05, 0.1) is 0 Å². The summed E-state index contributed by atoms with van der Waals surface area (Å²) in [6.07, 6.45) is 0. The normalized spacial score (nSPS) is 13.8. The molecule has 0 saturated heterocycles. The molecule has 0 N–H and O–H groups in total. The Balaban J connectivity index is 1.01. The molecule has 4 nitrogen and oxygen atoms in total. The lowest BCUT2D eigenvalue weighted by atomic mass is 9.33. The van der Waals surface area contributed by atoms with E-state index >= 15 is 0 Å². The zero-order valence-corrected chi connectivity index (χ0v) is 37.1. The van der Waals surface area contributed by atoms with Crippen LogP contribution >= 0.6 is 11.3 Å². The molecule has 0 fully saturated rings. The van der Waals surface area contributed by atoms with Gasteiger partial charge < -0.3 is 19.6 Å². The molecule has 0 aliphatic carbocycles. The molecule has 0 bridgehead atoms. The maximum Gasteiger partial charge on any atom is 0.252 e. The lowest BCUT2D eigenvalue weighted by Gasteiger charge is -2.44. The topological polar surface area (TPSA) is 13.0 Å². The van der Waals surface area contributed by atoms with Gasteiger partial charge in [-0.1, -0.05) is 133 Å². The van der Waals surface area contributed by atoms with Crippen LogP contribution in [0.5, 0.6) is 0 Å². The summed E-state index contributed by atoms with van der Waals surface area (Å²) in [5.74, 6) is 0. The van der Waals surface area contributed by atoms with Crippen molar-refractivity contribution < 1.29 is 0 Å². The summed E-state index contributed by atoms with van der Waals surface area (Å²) in [6.45, 7) is 0.0676. The number of fused-ring (bicyclic) bond motifs is 11. The van der Waals surface area contributed by atoms with E-state index < -0.39 is 0 Å². The smallest absolute Gasteiger partial charge is 0.252 e. The Hall–Kier alpha value is -8.25. The van der Waals surface area contributed by atoms with Gasteiger partial charge in [-0.15, -0.1) is 11.3 Å². The summed E-state index contributed by atoms with van der Waals surface area (Å²) in [5.41, 5.74) is 22.4. The highest BCUT2D eigenvalue weighted by atomic mass is 32.1. The van der Waals surface area contributed by atoms with Gasteiger partial charge in [0.2, 0.25) is 0 Å². The molecule has 4 aliphatic rings. The monoisotopic (exact) mass is 868 g/mol. The molecule has 15 rings (SSSR count). The average Bonchev–Trinajstić information content (AvgIpc) is 3.74. The van der Waals surface area contributed by atoms with Crippen molar-refractivity contribution in [3.05, 3.63) is 231 Å². The first kappa shape index (κ1) is 37.0. The second-order valence-electron chi connectivity index (χ2n) is 18.0. The summed E-state index contributed by atoms with van der Waals surface area (Å²) in [5, 5.41) is 2.61. The van der Waals surface area contributed by atoms with E-state index in [0.717, 1.165) is 22.7 Å². The maximum atomic E-state index is 2.56. The largest absolute Gasteiger partial charge is 0.311 e. The van der Waals surface area contributed by atoms with Gasteiger partial charge in [-0.3, -0.25) is 0 Å². The van der Waals surface area contributed by atoms with E-state index in [-0.39, 0.29) is 13.4 Å². The SMILES string of the molecule is c1ccc(N2c3ccccc3B3c4cc5c(cc4N(c4ccccc4)c4cccc2c43)sc2cc3c(cc25)B2c4ccccc4N(c4ccccc4)c4cccc(c42)N3c2ccccc2)cc1. The lowest BCUT2D eigenvalue weighted by molar-refractivity contribution is 1.26. The predicted molar refractivity (Wildman–Crippen MR) is 287 cm³/mol. The Morgan fingerprint density at radius 2 is 0.552 bits per heavy atom. The van der Waals surface area contributed by atoms with Crippen molar-refractivity contribution >= 4 is 146 Å². The second kappa shape index (κ2) is 14.1. The molecule has 0 saturated carbocycles. The van der Waals surface area contributed by atoms with Gasteiger partial charge >= 0.3 is 0 Å². The molecule has 4 aliphatic heterocycles. The van der Waals surface area contributed by atoms with Crippen LogP contribution in [0.25, 0.3) is 20.2 Å². The first-order valence-corrected chi connectivity index (χ1v) is 24.0. The molecule has 0 spiro atoms. The summed E-state index contributed by atoms with van der Waals surface area (Å²) in [6, 6.07) is 85.6. The van der Waals surface area contributed by atoms with Gasteiger partial charge in [0, 0.05) is 77.6 Å². The Morgan fingerprint density at radius 1 is 0.254 bits per heavy atom. The van der Waals surface area contributed by atoms with Crippen LogP contribution in [-0.2, 0) is 0 Å². The molecule has 7 heteroatoms. The summed E-state index contributed by atoms with van der Waals surface area (Å²) in [7, 11) is 0. The Bertz CT molecular complexity index is 3560. The fourth-order valence-corrected chi connectivity index (χ4v) is 13.1. The second-order valence-corrected chi connectivity index (χ2v) is 19.1. The van der Waals surface area contributed by atoms with Crippen LogP contribution in [0.1, 0.15) is 0 Å². The number of hydrogen-bond donors (Lipinski definition) is 0. The van der Waals surface area contributed by atoms with E-state index in [4.69, 9.17) is 0 Å². The summed E-state index contributed by atoms with van der Waals surface area (Å²) in [4.78, 5) is 9.97. The average molecular weight is 869 g/mol. The van der Waals surface area contributed by atoms with E-state index in [1.807, 2.05) is 11.3 Å². The maximum absolute atomic E-state index is 2.56. The molecule has 0 atom stereocenters. The quantitative estimate of drug-likeness (QED) is 0.163. The molecule has 310 valence electrons. The van der Waals surface area contributed by atoms with Crippen molar-refractivity contribution in [2.75, 3.05) is 19.6 Å². The number of para-hydroxylation sites is 6. The van der Waals surface area contributed by atoms with Crippen molar-refractivity contribution in [3.8, 4) is 0 Å². The fourth-order valence-electron chi connectivity index (χ4n) is 12.0. The first-order valence-electron chi connectivity index (χ1n) is 23.2. The van der Waals surface area contributed by atoms with Crippen molar-refractivity contribution in [2.45, 2.75) is 0 Å². The first-order chi connectivity index (χ1) is 33.3. The van der Waals surface area contributed by atoms with Crippen molar-refractivity contribution in [3.63, 3.8) is 0 Å². The lowest BCUT2D eigenvalue weighted by Crippen LogP contribution is -2.61. The van der Waals surface area contributed by atoms with Crippen LogP contribution in [0.2, 0.25) is 0 Å².